The summed E-state index contributed by atoms with van der Waals surface area (Å²) in [4.78, 5) is 18.0. The molecule has 2 aromatic rings. The minimum atomic E-state index is -0.195. The van der Waals surface area contributed by atoms with Crippen LogP contribution in [0, 0.1) is 0 Å². The number of aromatic nitrogens is 1. The van der Waals surface area contributed by atoms with Gasteiger partial charge in [-0.1, -0.05) is 29.3 Å². The largest absolute Gasteiger partial charge is 0.396 e. The van der Waals surface area contributed by atoms with Crippen LogP contribution in [-0.2, 0) is 6.54 Å². The molecule has 4 nitrogen and oxygen atoms in total. The van der Waals surface area contributed by atoms with Gasteiger partial charge in [-0.2, -0.15) is 0 Å². The Morgan fingerprint density at radius 1 is 1.30 bits per heavy atom. The van der Waals surface area contributed by atoms with E-state index in [1.54, 1.807) is 18.1 Å². The molecule has 2 N–H and O–H groups in total. The topological polar surface area (TPSA) is 59.2 Å². The Morgan fingerprint density at radius 2 is 1.95 bits per heavy atom. The number of halogens is 2. The molecule has 0 saturated carbocycles. The monoisotopic (exact) mass is 309 g/mol. The van der Waals surface area contributed by atoms with Gasteiger partial charge in [-0.25, -0.2) is 0 Å². The Labute approximate surface area is 127 Å². The zero-order chi connectivity index (χ0) is 14.7. The summed E-state index contributed by atoms with van der Waals surface area (Å²) < 4.78 is 0. The molecule has 1 heterocycles. The van der Waals surface area contributed by atoms with E-state index < -0.39 is 0 Å². The van der Waals surface area contributed by atoms with Crippen molar-refractivity contribution < 1.29 is 4.79 Å². The lowest BCUT2D eigenvalue weighted by Gasteiger charge is -2.17. The maximum atomic E-state index is 12.3. The van der Waals surface area contributed by atoms with Gasteiger partial charge in [0.25, 0.3) is 5.91 Å². The fourth-order valence-electron chi connectivity index (χ4n) is 1.73. The Hall–Kier alpha value is -1.78. The van der Waals surface area contributed by atoms with Crippen LogP contribution in [0.1, 0.15) is 16.1 Å². The lowest BCUT2D eigenvalue weighted by molar-refractivity contribution is 0.0783. The standard InChI is InChI=1S/C14H13Cl2N3O/c1-19(8-10-4-2-3-5-18-10)14(20)9-6-11(15)13(17)12(16)7-9/h2-7H,8,17H2,1H3. The number of carbonyl (C=O) groups excluding carboxylic acids is 1. The molecule has 1 aromatic carbocycles. The number of nitrogen functional groups attached to an aromatic ring is 1. The van der Waals surface area contributed by atoms with Crippen molar-refractivity contribution in [2.75, 3.05) is 12.8 Å². The highest BCUT2D eigenvalue weighted by Crippen LogP contribution is 2.29. The maximum Gasteiger partial charge on any atom is 0.254 e. The van der Waals surface area contributed by atoms with Crippen LogP contribution in [0.15, 0.2) is 36.5 Å². The molecule has 104 valence electrons. The summed E-state index contributed by atoms with van der Waals surface area (Å²) in [7, 11) is 1.69. The Bertz CT molecular complexity index is 609. The van der Waals surface area contributed by atoms with Gasteiger partial charge in [0.05, 0.1) is 28.0 Å². The number of amides is 1. The molecule has 0 saturated heterocycles. The summed E-state index contributed by atoms with van der Waals surface area (Å²) in [5.41, 5.74) is 7.12. The van der Waals surface area contributed by atoms with Crippen LogP contribution in [0.4, 0.5) is 5.69 Å². The molecule has 1 aromatic heterocycles. The molecular formula is C14H13Cl2N3O. The lowest BCUT2D eigenvalue weighted by atomic mass is 10.1. The maximum absolute atomic E-state index is 12.3. The first kappa shape index (κ1) is 14.6. The van der Waals surface area contributed by atoms with Gasteiger partial charge < -0.3 is 10.6 Å². The minimum Gasteiger partial charge on any atom is -0.396 e. The van der Waals surface area contributed by atoms with E-state index in [0.717, 1.165) is 5.69 Å². The van der Waals surface area contributed by atoms with Gasteiger partial charge in [0.2, 0.25) is 0 Å². The average Bonchev–Trinajstić information content (AvgIpc) is 2.44. The molecule has 6 heteroatoms. The predicted octanol–water partition coefficient (Wildman–Crippen LogP) is 3.24. The second kappa shape index (κ2) is 6.11. The minimum absolute atomic E-state index is 0.195. The Morgan fingerprint density at radius 3 is 2.50 bits per heavy atom. The van der Waals surface area contributed by atoms with Gasteiger partial charge in [0, 0.05) is 18.8 Å². The number of nitrogens with zero attached hydrogens (tertiary/aromatic N) is 2. The van der Waals surface area contributed by atoms with Gasteiger partial charge in [0.1, 0.15) is 0 Å². The average molecular weight is 310 g/mol. The van der Waals surface area contributed by atoms with E-state index >= 15 is 0 Å². The van der Waals surface area contributed by atoms with E-state index in [2.05, 4.69) is 4.98 Å². The zero-order valence-electron chi connectivity index (χ0n) is 10.8. The molecule has 0 atom stereocenters. The molecule has 2 rings (SSSR count). The fraction of sp³-hybridized carbons (Fsp3) is 0.143. The molecule has 0 unspecified atom stereocenters. The van der Waals surface area contributed by atoms with Crippen molar-refractivity contribution in [2.45, 2.75) is 6.54 Å². The molecule has 0 spiro atoms. The number of rotatable bonds is 3. The molecule has 0 radical (unpaired) electrons. The van der Waals surface area contributed by atoms with Crippen LogP contribution in [0.3, 0.4) is 0 Å². The predicted molar refractivity (Wildman–Crippen MR) is 80.9 cm³/mol. The van der Waals surface area contributed by atoms with Crippen LogP contribution in [0.2, 0.25) is 10.0 Å². The molecule has 0 bridgehead atoms. The second-order valence-electron chi connectivity index (χ2n) is 4.34. The third-order valence-electron chi connectivity index (χ3n) is 2.80. The number of anilines is 1. The van der Waals surface area contributed by atoms with E-state index in [0.29, 0.717) is 12.1 Å². The quantitative estimate of drug-likeness (QED) is 0.885. The highest BCUT2D eigenvalue weighted by atomic mass is 35.5. The van der Waals surface area contributed by atoms with Crippen LogP contribution in [-0.4, -0.2) is 22.8 Å². The van der Waals surface area contributed by atoms with Crippen molar-refractivity contribution in [2.24, 2.45) is 0 Å². The van der Waals surface area contributed by atoms with Crippen molar-refractivity contribution in [1.29, 1.82) is 0 Å². The van der Waals surface area contributed by atoms with E-state index in [4.69, 9.17) is 28.9 Å². The SMILES string of the molecule is CN(Cc1ccccn1)C(=O)c1cc(Cl)c(N)c(Cl)c1. The van der Waals surface area contributed by atoms with Gasteiger partial charge in [0.15, 0.2) is 0 Å². The number of hydrogen-bond donors (Lipinski definition) is 1. The number of hydrogen-bond acceptors (Lipinski definition) is 3. The molecule has 0 aliphatic heterocycles. The molecule has 0 aliphatic carbocycles. The van der Waals surface area contributed by atoms with Crippen molar-refractivity contribution in [3.63, 3.8) is 0 Å². The molecule has 1 amide bonds. The number of benzene rings is 1. The summed E-state index contributed by atoms with van der Waals surface area (Å²) >= 11 is 11.9. The second-order valence-corrected chi connectivity index (χ2v) is 5.15. The highest BCUT2D eigenvalue weighted by Gasteiger charge is 2.15. The van der Waals surface area contributed by atoms with Crippen molar-refractivity contribution >= 4 is 34.8 Å². The number of pyridine rings is 1. The van der Waals surface area contributed by atoms with Crippen LogP contribution < -0.4 is 5.73 Å². The first-order valence-electron chi connectivity index (χ1n) is 5.89. The van der Waals surface area contributed by atoms with Gasteiger partial charge >= 0.3 is 0 Å². The smallest absolute Gasteiger partial charge is 0.254 e. The number of carbonyl (C=O) groups is 1. The van der Waals surface area contributed by atoms with E-state index in [1.807, 2.05) is 18.2 Å². The summed E-state index contributed by atoms with van der Waals surface area (Å²) in [6.45, 7) is 0.402. The zero-order valence-corrected chi connectivity index (χ0v) is 12.3. The third-order valence-corrected chi connectivity index (χ3v) is 3.42. The van der Waals surface area contributed by atoms with Crippen molar-refractivity contribution in [3.8, 4) is 0 Å². The van der Waals surface area contributed by atoms with E-state index in [9.17, 15) is 4.79 Å². The molecule has 0 aliphatic rings. The van der Waals surface area contributed by atoms with Crippen LogP contribution in [0.5, 0.6) is 0 Å². The van der Waals surface area contributed by atoms with Gasteiger partial charge in [-0.3, -0.25) is 9.78 Å². The van der Waals surface area contributed by atoms with Crippen molar-refractivity contribution in [1.82, 2.24) is 9.88 Å². The first-order valence-corrected chi connectivity index (χ1v) is 6.64. The molecular weight excluding hydrogens is 297 g/mol. The fourth-order valence-corrected chi connectivity index (χ4v) is 2.22. The van der Waals surface area contributed by atoms with Gasteiger partial charge in [-0.05, 0) is 24.3 Å². The van der Waals surface area contributed by atoms with E-state index in [1.165, 1.54) is 12.1 Å². The highest BCUT2D eigenvalue weighted by molar-refractivity contribution is 6.39. The van der Waals surface area contributed by atoms with Crippen molar-refractivity contribution in [3.05, 3.63) is 57.8 Å². The summed E-state index contributed by atoms with van der Waals surface area (Å²) in [6, 6.07) is 8.58. The van der Waals surface area contributed by atoms with Crippen LogP contribution >= 0.6 is 23.2 Å². The number of nitrogens with two attached hydrogens (primary N) is 1. The summed E-state index contributed by atoms with van der Waals surface area (Å²) in [6.07, 6.45) is 1.69. The molecule has 0 fully saturated rings. The van der Waals surface area contributed by atoms with Crippen LogP contribution in [0.25, 0.3) is 0 Å². The Kier molecular flexibility index (Phi) is 4.47. The van der Waals surface area contributed by atoms with E-state index in [-0.39, 0.29) is 21.6 Å². The molecule has 20 heavy (non-hydrogen) atoms. The summed E-state index contributed by atoms with van der Waals surface area (Å²) in [5.74, 6) is -0.195. The first-order chi connectivity index (χ1) is 9.49. The van der Waals surface area contributed by atoms with Gasteiger partial charge in [-0.15, -0.1) is 0 Å². The lowest BCUT2D eigenvalue weighted by Crippen LogP contribution is -2.26. The third kappa shape index (κ3) is 3.21. The summed E-state index contributed by atoms with van der Waals surface area (Å²) in [5, 5.41) is 0.541. The normalized spacial score (nSPS) is 10.3. The Balaban J connectivity index is 2.19.